The monoisotopic (exact) mass is 250 g/mol. The Balaban J connectivity index is 1.98. The minimum Gasteiger partial charge on any atom is -0.397 e. The lowest BCUT2D eigenvalue weighted by Crippen LogP contribution is -2.24. The number of carbonyl (C=O) groups is 1. The Hall–Kier alpha value is -2.15. The Labute approximate surface area is 101 Å². The number of nitrogens with two attached hydrogens (primary N) is 1. The van der Waals surface area contributed by atoms with Gasteiger partial charge in [0.05, 0.1) is 18.4 Å². The van der Waals surface area contributed by atoms with E-state index < -0.39 is 0 Å². The van der Waals surface area contributed by atoms with E-state index in [1.54, 1.807) is 17.5 Å². The highest BCUT2D eigenvalue weighted by Gasteiger charge is 2.06. The van der Waals surface area contributed by atoms with Crippen LogP contribution < -0.4 is 15.9 Å². The van der Waals surface area contributed by atoms with Crippen LogP contribution in [-0.4, -0.2) is 15.9 Å². The van der Waals surface area contributed by atoms with Gasteiger partial charge < -0.3 is 16.0 Å². The summed E-state index contributed by atoms with van der Waals surface area (Å²) in [6.45, 7) is 0.267. The molecule has 0 atom stereocenters. The number of hydrogen-bond acceptors (Lipinski definition) is 5. The van der Waals surface area contributed by atoms with Crippen LogP contribution in [0.4, 0.5) is 5.69 Å². The number of rotatable bonds is 3. The molecule has 0 aliphatic rings. The van der Waals surface area contributed by atoms with Crippen molar-refractivity contribution in [1.82, 2.24) is 15.3 Å². The van der Waals surface area contributed by atoms with Crippen LogP contribution in [-0.2, 0) is 6.54 Å². The number of nitrogen functional groups attached to an aromatic ring is 1. The van der Waals surface area contributed by atoms with Crippen LogP contribution in [0.25, 0.3) is 0 Å². The van der Waals surface area contributed by atoms with Gasteiger partial charge in [-0.1, -0.05) is 11.3 Å². The molecule has 0 aliphatic carbocycles. The van der Waals surface area contributed by atoms with E-state index in [1.807, 2.05) is 0 Å². The quantitative estimate of drug-likeness (QED) is 0.731. The fourth-order valence-electron chi connectivity index (χ4n) is 1.21. The predicted molar refractivity (Wildman–Crippen MR) is 64.8 cm³/mol. The summed E-state index contributed by atoms with van der Waals surface area (Å²) in [6, 6.07) is 3.15. The van der Waals surface area contributed by atoms with Crippen molar-refractivity contribution in [3.63, 3.8) is 0 Å². The average Bonchev–Trinajstić information content (AvgIpc) is 2.73. The van der Waals surface area contributed by atoms with Crippen LogP contribution in [0.2, 0.25) is 0 Å². The van der Waals surface area contributed by atoms with Crippen LogP contribution in [0.3, 0.4) is 0 Å². The minimum absolute atomic E-state index is 0.139. The minimum atomic E-state index is -0.308. The van der Waals surface area contributed by atoms with Gasteiger partial charge in [-0.15, -0.1) is 0 Å². The van der Waals surface area contributed by atoms with Gasteiger partial charge in [0, 0.05) is 11.1 Å². The molecule has 2 aromatic rings. The van der Waals surface area contributed by atoms with Gasteiger partial charge in [0.2, 0.25) is 0 Å². The lowest BCUT2D eigenvalue weighted by molar-refractivity contribution is 0.0945. The van der Waals surface area contributed by atoms with Crippen molar-refractivity contribution < 1.29 is 4.79 Å². The van der Waals surface area contributed by atoms with Crippen molar-refractivity contribution in [3.8, 4) is 0 Å². The van der Waals surface area contributed by atoms with E-state index in [0.717, 1.165) is 11.3 Å². The lowest BCUT2D eigenvalue weighted by atomic mass is 10.3. The van der Waals surface area contributed by atoms with Crippen LogP contribution in [0, 0.1) is 0 Å². The Morgan fingerprint density at radius 3 is 2.94 bits per heavy atom. The first-order valence-corrected chi connectivity index (χ1v) is 5.69. The van der Waals surface area contributed by atoms with Crippen molar-refractivity contribution in [1.29, 1.82) is 0 Å². The van der Waals surface area contributed by atoms with E-state index in [2.05, 4.69) is 15.3 Å². The third-order valence-electron chi connectivity index (χ3n) is 2.03. The Morgan fingerprint density at radius 2 is 2.35 bits per heavy atom. The van der Waals surface area contributed by atoms with Crippen LogP contribution in [0.15, 0.2) is 28.5 Å². The van der Waals surface area contributed by atoms with Gasteiger partial charge in [-0.05, 0) is 12.1 Å². The van der Waals surface area contributed by atoms with E-state index in [0.29, 0.717) is 11.4 Å². The van der Waals surface area contributed by atoms with E-state index in [4.69, 9.17) is 5.73 Å². The predicted octanol–water partition coefficient (Wildman–Crippen LogP) is 0.344. The number of hydrogen-bond donors (Lipinski definition) is 3. The highest BCUT2D eigenvalue weighted by Crippen LogP contribution is 2.01. The fraction of sp³-hybridized carbons (Fsp3) is 0.100. The van der Waals surface area contributed by atoms with Crippen LogP contribution in [0.1, 0.15) is 16.2 Å². The third kappa shape index (κ3) is 2.91. The zero-order valence-electron chi connectivity index (χ0n) is 8.77. The summed E-state index contributed by atoms with van der Waals surface area (Å²) in [5, 5.41) is 4.31. The van der Waals surface area contributed by atoms with Crippen LogP contribution >= 0.6 is 11.3 Å². The van der Waals surface area contributed by atoms with Gasteiger partial charge >= 0.3 is 4.87 Å². The zero-order chi connectivity index (χ0) is 12.3. The molecule has 2 rings (SSSR count). The molecule has 0 saturated carbocycles. The highest BCUT2D eigenvalue weighted by molar-refractivity contribution is 7.07. The summed E-state index contributed by atoms with van der Waals surface area (Å²) in [5.41, 5.74) is 6.92. The number of amides is 1. The summed E-state index contributed by atoms with van der Waals surface area (Å²) in [5.74, 6) is -0.308. The molecule has 0 fully saturated rings. The number of anilines is 1. The van der Waals surface area contributed by atoms with Crippen LogP contribution in [0.5, 0.6) is 0 Å². The van der Waals surface area contributed by atoms with E-state index >= 15 is 0 Å². The molecule has 6 nitrogen and oxygen atoms in total. The molecule has 0 aromatic carbocycles. The summed E-state index contributed by atoms with van der Waals surface area (Å²) >= 11 is 1.06. The second kappa shape index (κ2) is 4.79. The van der Waals surface area contributed by atoms with Gasteiger partial charge in [0.15, 0.2) is 0 Å². The molecule has 17 heavy (non-hydrogen) atoms. The first kappa shape index (κ1) is 11.3. The number of thiazole rings is 1. The molecule has 0 spiro atoms. The molecular formula is C10H10N4O2S. The Bertz CT molecular complexity index is 572. The maximum Gasteiger partial charge on any atom is 0.304 e. The second-order valence-corrected chi connectivity index (χ2v) is 4.18. The number of pyridine rings is 1. The lowest BCUT2D eigenvalue weighted by Gasteiger charge is -2.02. The van der Waals surface area contributed by atoms with Gasteiger partial charge in [0.25, 0.3) is 5.91 Å². The number of carbonyl (C=O) groups excluding carboxylic acids is 1. The van der Waals surface area contributed by atoms with Crippen molar-refractivity contribution in [2.24, 2.45) is 0 Å². The smallest absolute Gasteiger partial charge is 0.304 e. The zero-order valence-corrected chi connectivity index (χ0v) is 9.58. The average molecular weight is 250 g/mol. The highest BCUT2D eigenvalue weighted by atomic mass is 32.1. The van der Waals surface area contributed by atoms with Gasteiger partial charge in [-0.25, -0.2) is 4.98 Å². The largest absolute Gasteiger partial charge is 0.397 e. The molecule has 0 unspecified atom stereocenters. The molecule has 4 N–H and O–H groups in total. The fourth-order valence-corrected chi connectivity index (χ4v) is 1.79. The topological polar surface area (TPSA) is 101 Å². The van der Waals surface area contributed by atoms with E-state index in [1.165, 1.54) is 6.20 Å². The first-order chi connectivity index (χ1) is 8.15. The SMILES string of the molecule is Nc1ccc(C(=O)NCc2csc(=O)[nH]2)nc1. The Morgan fingerprint density at radius 1 is 1.53 bits per heavy atom. The van der Waals surface area contributed by atoms with Crippen molar-refractivity contribution in [2.45, 2.75) is 6.54 Å². The summed E-state index contributed by atoms with van der Waals surface area (Å²) in [4.78, 5) is 28.8. The maximum absolute atomic E-state index is 11.6. The number of H-pyrrole nitrogens is 1. The number of aromatic nitrogens is 2. The number of aromatic amines is 1. The molecule has 88 valence electrons. The van der Waals surface area contributed by atoms with Crippen molar-refractivity contribution in [3.05, 3.63) is 44.8 Å². The standard InChI is InChI=1S/C10H10N4O2S/c11-6-1-2-8(12-3-6)9(15)13-4-7-5-17-10(16)14-7/h1-3,5H,4,11H2,(H,13,15)(H,14,16). The van der Waals surface area contributed by atoms with Gasteiger partial charge in [0.1, 0.15) is 5.69 Å². The van der Waals surface area contributed by atoms with Gasteiger partial charge in [-0.2, -0.15) is 0 Å². The molecule has 2 aromatic heterocycles. The molecule has 1 amide bonds. The van der Waals surface area contributed by atoms with Crippen molar-refractivity contribution in [2.75, 3.05) is 5.73 Å². The maximum atomic E-state index is 11.6. The number of nitrogens with one attached hydrogen (secondary N) is 2. The second-order valence-electron chi connectivity index (χ2n) is 3.33. The molecule has 0 bridgehead atoms. The first-order valence-electron chi connectivity index (χ1n) is 4.81. The summed E-state index contributed by atoms with van der Waals surface area (Å²) in [7, 11) is 0. The third-order valence-corrected chi connectivity index (χ3v) is 2.75. The molecule has 7 heteroatoms. The van der Waals surface area contributed by atoms with Crippen molar-refractivity contribution >= 4 is 22.9 Å². The summed E-state index contributed by atoms with van der Waals surface area (Å²) in [6.07, 6.45) is 1.42. The normalized spacial score (nSPS) is 10.1. The van der Waals surface area contributed by atoms with E-state index in [-0.39, 0.29) is 23.0 Å². The van der Waals surface area contributed by atoms with Gasteiger partial charge in [-0.3, -0.25) is 9.59 Å². The molecule has 0 aliphatic heterocycles. The molecule has 0 saturated heterocycles. The molecular weight excluding hydrogens is 240 g/mol. The molecule has 0 radical (unpaired) electrons. The summed E-state index contributed by atoms with van der Waals surface area (Å²) < 4.78 is 0. The number of nitrogens with zero attached hydrogens (tertiary/aromatic N) is 1. The van der Waals surface area contributed by atoms with E-state index in [9.17, 15) is 9.59 Å². The Kier molecular flexibility index (Phi) is 3.20. The molecule has 2 heterocycles.